The SMILES string of the molecule is CCOC(=O)N1CCN(C(=O)CN2CCCC2C(=O)NCc2ccco2)CC1. The zero-order valence-corrected chi connectivity index (χ0v) is 16.3. The van der Waals surface area contributed by atoms with Crippen molar-refractivity contribution in [3.63, 3.8) is 0 Å². The van der Waals surface area contributed by atoms with E-state index in [4.69, 9.17) is 9.15 Å². The van der Waals surface area contributed by atoms with Gasteiger partial charge in [0, 0.05) is 26.2 Å². The highest BCUT2D eigenvalue weighted by Crippen LogP contribution is 2.18. The molecule has 9 heteroatoms. The molecule has 0 spiro atoms. The fourth-order valence-corrected chi connectivity index (χ4v) is 3.64. The van der Waals surface area contributed by atoms with E-state index in [0.717, 1.165) is 19.4 Å². The van der Waals surface area contributed by atoms with Crippen LogP contribution in [0.15, 0.2) is 22.8 Å². The van der Waals surface area contributed by atoms with E-state index < -0.39 is 0 Å². The van der Waals surface area contributed by atoms with Crippen LogP contribution >= 0.6 is 0 Å². The molecule has 3 heterocycles. The zero-order valence-electron chi connectivity index (χ0n) is 16.3. The van der Waals surface area contributed by atoms with E-state index >= 15 is 0 Å². The number of carbonyl (C=O) groups excluding carboxylic acids is 3. The number of rotatable bonds is 6. The summed E-state index contributed by atoms with van der Waals surface area (Å²) in [5, 5.41) is 2.88. The number of furan rings is 1. The minimum atomic E-state index is -0.331. The monoisotopic (exact) mass is 392 g/mol. The third-order valence-corrected chi connectivity index (χ3v) is 5.18. The maximum absolute atomic E-state index is 12.7. The van der Waals surface area contributed by atoms with Gasteiger partial charge in [-0.3, -0.25) is 14.5 Å². The first-order valence-corrected chi connectivity index (χ1v) is 9.82. The highest BCUT2D eigenvalue weighted by molar-refractivity contribution is 5.84. The van der Waals surface area contributed by atoms with Crippen LogP contribution in [0, 0.1) is 0 Å². The summed E-state index contributed by atoms with van der Waals surface area (Å²) in [5.41, 5.74) is 0. The lowest BCUT2D eigenvalue weighted by atomic mass is 10.2. The van der Waals surface area contributed by atoms with Crippen molar-refractivity contribution in [1.82, 2.24) is 20.0 Å². The largest absolute Gasteiger partial charge is 0.467 e. The quantitative estimate of drug-likeness (QED) is 0.764. The first-order valence-electron chi connectivity index (χ1n) is 9.82. The molecule has 1 aromatic rings. The van der Waals surface area contributed by atoms with Crippen LogP contribution in [0.25, 0.3) is 0 Å². The smallest absolute Gasteiger partial charge is 0.409 e. The topological polar surface area (TPSA) is 95.3 Å². The molecule has 0 saturated carbocycles. The minimum absolute atomic E-state index is 0.00533. The first kappa shape index (κ1) is 20.2. The van der Waals surface area contributed by atoms with Gasteiger partial charge >= 0.3 is 6.09 Å². The van der Waals surface area contributed by atoms with Gasteiger partial charge in [0.1, 0.15) is 5.76 Å². The number of nitrogens with zero attached hydrogens (tertiary/aromatic N) is 3. The number of likely N-dealkylation sites (tertiary alicyclic amines) is 1. The predicted molar refractivity (Wildman–Crippen MR) is 100 cm³/mol. The average molecular weight is 392 g/mol. The molecule has 0 aromatic carbocycles. The second-order valence-electron chi connectivity index (χ2n) is 6.99. The van der Waals surface area contributed by atoms with Gasteiger partial charge in [0.25, 0.3) is 0 Å². The molecule has 1 atom stereocenters. The number of hydrogen-bond donors (Lipinski definition) is 1. The Hall–Kier alpha value is -2.55. The van der Waals surface area contributed by atoms with E-state index in [-0.39, 0.29) is 30.5 Å². The Balaban J connectivity index is 1.45. The molecule has 2 aliphatic heterocycles. The molecule has 0 aliphatic carbocycles. The molecule has 0 radical (unpaired) electrons. The summed E-state index contributed by atoms with van der Waals surface area (Å²) in [6.45, 7) is 5.33. The van der Waals surface area contributed by atoms with Crippen LogP contribution in [-0.2, 0) is 20.9 Å². The van der Waals surface area contributed by atoms with Crippen LogP contribution < -0.4 is 5.32 Å². The van der Waals surface area contributed by atoms with Gasteiger partial charge in [0.05, 0.1) is 32.0 Å². The van der Waals surface area contributed by atoms with Crippen LogP contribution in [0.2, 0.25) is 0 Å². The standard InChI is InChI=1S/C19H28N4O5/c1-2-27-19(26)22-10-8-21(9-11-22)17(24)14-23-7-3-6-16(23)18(25)20-13-15-5-4-12-28-15/h4-5,12,16H,2-3,6-11,13-14H2,1H3,(H,20,25). The molecule has 2 aliphatic rings. The molecule has 1 N–H and O–H groups in total. The number of hydrogen-bond acceptors (Lipinski definition) is 6. The van der Waals surface area contributed by atoms with Crippen molar-refractivity contribution in [1.29, 1.82) is 0 Å². The number of piperazine rings is 1. The van der Waals surface area contributed by atoms with Gasteiger partial charge in [-0.15, -0.1) is 0 Å². The Morgan fingerprint density at radius 3 is 2.61 bits per heavy atom. The molecule has 3 rings (SSSR count). The molecule has 1 aromatic heterocycles. The second kappa shape index (κ2) is 9.59. The minimum Gasteiger partial charge on any atom is -0.467 e. The van der Waals surface area contributed by atoms with Crippen molar-refractivity contribution >= 4 is 17.9 Å². The maximum atomic E-state index is 12.7. The third kappa shape index (κ3) is 5.03. The van der Waals surface area contributed by atoms with Gasteiger partial charge < -0.3 is 24.3 Å². The number of nitrogens with one attached hydrogen (secondary N) is 1. The summed E-state index contributed by atoms with van der Waals surface area (Å²) < 4.78 is 10.2. The molecule has 0 bridgehead atoms. The second-order valence-corrected chi connectivity index (χ2v) is 6.99. The van der Waals surface area contributed by atoms with Crippen LogP contribution in [0.5, 0.6) is 0 Å². The van der Waals surface area contributed by atoms with Gasteiger partial charge in [-0.25, -0.2) is 4.79 Å². The van der Waals surface area contributed by atoms with Crippen LogP contribution in [-0.4, -0.2) is 84.5 Å². The molecule has 3 amide bonds. The van der Waals surface area contributed by atoms with Gasteiger partial charge in [-0.1, -0.05) is 0 Å². The van der Waals surface area contributed by atoms with E-state index in [2.05, 4.69) is 5.32 Å². The summed E-state index contributed by atoms with van der Waals surface area (Å²) in [6, 6.07) is 3.30. The van der Waals surface area contributed by atoms with E-state index in [0.29, 0.717) is 45.1 Å². The lowest BCUT2D eigenvalue weighted by Crippen LogP contribution is -2.54. The maximum Gasteiger partial charge on any atom is 0.409 e. The summed E-state index contributed by atoms with van der Waals surface area (Å²) >= 11 is 0. The number of ether oxygens (including phenoxy) is 1. The Bertz CT molecular complexity index is 670. The van der Waals surface area contributed by atoms with Gasteiger partial charge in [0.2, 0.25) is 11.8 Å². The van der Waals surface area contributed by atoms with Crippen molar-refractivity contribution in [3.8, 4) is 0 Å². The van der Waals surface area contributed by atoms with Crippen molar-refractivity contribution in [2.45, 2.75) is 32.4 Å². The molecule has 2 saturated heterocycles. The normalized spacial score (nSPS) is 20.2. The van der Waals surface area contributed by atoms with Crippen molar-refractivity contribution in [2.24, 2.45) is 0 Å². The number of amides is 3. The predicted octanol–water partition coefficient (Wildman–Crippen LogP) is 0.661. The summed E-state index contributed by atoms with van der Waals surface area (Å²) in [6.07, 6.45) is 2.88. The summed E-state index contributed by atoms with van der Waals surface area (Å²) in [4.78, 5) is 42.3. The Kier molecular flexibility index (Phi) is 6.91. The summed E-state index contributed by atoms with van der Waals surface area (Å²) in [5.74, 6) is 0.622. The molecular weight excluding hydrogens is 364 g/mol. The Morgan fingerprint density at radius 2 is 1.93 bits per heavy atom. The van der Waals surface area contributed by atoms with Crippen molar-refractivity contribution in [3.05, 3.63) is 24.2 Å². The average Bonchev–Trinajstić information content (AvgIpc) is 3.38. The molecule has 154 valence electrons. The van der Waals surface area contributed by atoms with Crippen molar-refractivity contribution < 1.29 is 23.5 Å². The Morgan fingerprint density at radius 1 is 1.18 bits per heavy atom. The molecular formula is C19H28N4O5. The van der Waals surface area contributed by atoms with E-state index in [1.54, 1.807) is 29.1 Å². The van der Waals surface area contributed by atoms with Gasteiger partial charge in [-0.05, 0) is 38.4 Å². The van der Waals surface area contributed by atoms with Crippen LogP contribution in [0.1, 0.15) is 25.5 Å². The first-order chi connectivity index (χ1) is 13.6. The van der Waals surface area contributed by atoms with E-state index in [1.807, 2.05) is 11.0 Å². The molecule has 9 nitrogen and oxygen atoms in total. The van der Waals surface area contributed by atoms with Gasteiger partial charge in [-0.2, -0.15) is 0 Å². The molecule has 2 fully saturated rings. The fraction of sp³-hybridized carbons (Fsp3) is 0.632. The van der Waals surface area contributed by atoms with E-state index in [9.17, 15) is 14.4 Å². The van der Waals surface area contributed by atoms with E-state index in [1.165, 1.54) is 0 Å². The zero-order chi connectivity index (χ0) is 19.9. The van der Waals surface area contributed by atoms with Crippen LogP contribution in [0.3, 0.4) is 0 Å². The lowest BCUT2D eigenvalue weighted by molar-refractivity contribution is -0.135. The third-order valence-electron chi connectivity index (χ3n) is 5.18. The highest BCUT2D eigenvalue weighted by atomic mass is 16.6. The number of carbonyl (C=O) groups is 3. The van der Waals surface area contributed by atoms with Crippen LogP contribution in [0.4, 0.5) is 4.79 Å². The van der Waals surface area contributed by atoms with Gasteiger partial charge in [0.15, 0.2) is 0 Å². The molecule has 28 heavy (non-hydrogen) atoms. The molecule has 1 unspecified atom stereocenters. The van der Waals surface area contributed by atoms with Crippen molar-refractivity contribution in [2.75, 3.05) is 45.9 Å². The Labute approximate surface area is 164 Å². The highest BCUT2D eigenvalue weighted by Gasteiger charge is 2.33. The fourth-order valence-electron chi connectivity index (χ4n) is 3.64. The summed E-state index contributed by atoms with van der Waals surface area (Å²) in [7, 11) is 0. The lowest BCUT2D eigenvalue weighted by Gasteiger charge is -2.35.